The number of rotatable bonds is 5. The average molecular weight is 381 g/mol. The summed E-state index contributed by atoms with van der Waals surface area (Å²) in [5.74, 6) is 0.291. The number of β-amino-alcohol motifs (C(OH)–C–C–N with tert-alkyl or cyclic N) is 1. The van der Waals surface area contributed by atoms with Crippen LogP contribution in [-0.4, -0.2) is 64.7 Å². The second-order valence-electron chi connectivity index (χ2n) is 7.52. The van der Waals surface area contributed by atoms with Gasteiger partial charge in [-0.15, -0.1) is 0 Å². The van der Waals surface area contributed by atoms with Crippen LogP contribution < -0.4 is 4.74 Å². The summed E-state index contributed by atoms with van der Waals surface area (Å²) in [6.07, 6.45) is 1.20. The fraction of sp³-hybridized carbons (Fsp3) is 0.455. The topological polar surface area (TPSA) is 65.9 Å². The summed E-state index contributed by atoms with van der Waals surface area (Å²) in [6, 6.07) is 12.1. The number of amides is 1. The number of hydrogen-bond donors (Lipinski definition) is 1. The molecule has 0 aliphatic carbocycles. The van der Waals surface area contributed by atoms with Gasteiger partial charge in [0.15, 0.2) is 0 Å². The Morgan fingerprint density at radius 3 is 2.79 bits per heavy atom. The molecule has 148 valence electrons. The van der Waals surface area contributed by atoms with Gasteiger partial charge >= 0.3 is 0 Å². The maximum Gasteiger partial charge on any atom is 0.259 e. The van der Waals surface area contributed by atoms with Gasteiger partial charge in [-0.05, 0) is 36.1 Å². The van der Waals surface area contributed by atoms with Gasteiger partial charge in [-0.3, -0.25) is 9.69 Å². The largest absolute Gasteiger partial charge is 0.475 e. The molecule has 4 rings (SSSR count). The van der Waals surface area contributed by atoms with Crippen LogP contribution in [0.5, 0.6) is 5.88 Å². The number of nitrogens with zero attached hydrogens (tertiary/aromatic N) is 3. The Kier molecular flexibility index (Phi) is 5.59. The molecule has 3 heterocycles. The molecule has 2 aliphatic heterocycles. The van der Waals surface area contributed by atoms with E-state index < -0.39 is 6.10 Å². The van der Waals surface area contributed by atoms with Crippen LogP contribution in [-0.2, 0) is 19.4 Å². The van der Waals surface area contributed by atoms with Crippen molar-refractivity contribution in [2.45, 2.75) is 32.4 Å². The Morgan fingerprint density at radius 2 is 1.96 bits per heavy atom. The van der Waals surface area contributed by atoms with Crippen molar-refractivity contribution < 1.29 is 14.6 Å². The Balaban J connectivity index is 1.39. The van der Waals surface area contributed by atoms with E-state index in [9.17, 15) is 9.90 Å². The molecule has 2 aromatic rings. The van der Waals surface area contributed by atoms with Crippen molar-refractivity contribution in [3.63, 3.8) is 0 Å². The standard InChI is InChI=1S/C22H27N3O3/c1-2-18-7-8-20-21(23-18)28-12-11-25(22(20)27)15-19(26)14-24-10-9-16-5-3-4-6-17(16)13-24/h3-8,19,26H,2,9-15H2,1H3. The van der Waals surface area contributed by atoms with Crippen molar-refractivity contribution in [3.05, 3.63) is 58.8 Å². The minimum Gasteiger partial charge on any atom is -0.475 e. The van der Waals surface area contributed by atoms with Gasteiger partial charge in [0.25, 0.3) is 5.91 Å². The van der Waals surface area contributed by atoms with Crippen molar-refractivity contribution >= 4 is 5.91 Å². The lowest BCUT2D eigenvalue weighted by molar-refractivity contribution is 0.0501. The quantitative estimate of drug-likeness (QED) is 0.857. The summed E-state index contributed by atoms with van der Waals surface area (Å²) >= 11 is 0. The van der Waals surface area contributed by atoms with Crippen LogP contribution in [0.3, 0.4) is 0 Å². The third-order valence-corrected chi connectivity index (χ3v) is 5.51. The van der Waals surface area contributed by atoms with Crippen molar-refractivity contribution in [3.8, 4) is 5.88 Å². The van der Waals surface area contributed by atoms with Crippen molar-refractivity contribution in [1.29, 1.82) is 0 Å². The Morgan fingerprint density at radius 1 is 1.14 bits per heavy atom. The summed E-state index contributed by atoms with van der Waals surface area (Å²) < 4.78 is 5.70. The molecule has 6 nitrogen and oxygen atoms in total. The fourth-order valence-electron chi connectivity index (χ4n) is 3.97. The molecule has 0 radical (unpaired) electrons. The Labute approximate surface area is 165 Å². The minimum atomic E-state index is -0.598. The van der Waals surface area contributed by atoms with Crippen LogP contribution in [0.4, 0.5) is 0 Å². The number of carbonyl (C=O) groups is 1. The van der Waals surface area contributed by atoms with Crippen molar-refractivity contribution in [1.82, 2.24) is 14.8 Å². The summed E-state index contributed by atoms with van der Waals surface area (Å²) in [5.41, 5.74) is 4.11. The third-order valence-electron chi connectivity index (χ3n) is 5.51. The highest BCUT2D eigenvalue weighted by Gasteiger charge is 2.27. The lowest BCUT2D eigenvalue weighted by Gasteiger charge is -2.32. The van der Waals surface area contributed by atoms with Crippen molar-refractivity contribution in [2.75, 3.05) is 32.8 Å². The molecule has 1 aromatic heterocycles. The van der Waals surface area contributed by atoms with Gasteiger partial charge in [-0.2, -0.15) is 0 Å². The number of carbonyl (C=O) groups excluding carboxylic acids is 1. The first-order chi connectivity index (χ1) is 13.6. The maximum atomic E-state index is 12.9. The number of benzene rings is 1. The first-order valence-corrected chi connectivity index (χ1v) is 10.0. The molecular formula is C22H27N3O3. The van der Waals surface area contributed by atoms with E-state index in [1.54, 1.807) is 11.0 Å². The SMILES string of the molecule is CCc1ccc2c(n1)OCCN(CC(O)CN1CCc3ccccc3C1)C2=O. The van der Waals surface area contributed by atoms with E-state index in [-0.39, 0.29) is 5.91 Å². The van der Waals surface area contributed by atoms with Crippen LogP contribution >= 0.6 is 0 Å². The fourth-order valence-corrected chi connectivity index (χ4v) is 3.97. The molecule has 1 aromatic carbocycles. The van der Waals surface area contributed by atoms with E-state index in [2.05, 4.69) is 34.1 Å². The van der Waals surface area contributed by atoms with E-state index in [0.717, 1.165) is 31.6 Å². The molecule has 6 heteroatoms. The number of fused-ring (bicyclic) bond motifs is 2. The minimum absolute atomic E-state index is 0.120. The number of hydrogen-bond acceptors (Lipinski definition) is 5. The number of ether oxygens (including phenoxy) is 1. The van der Waals surface area contributed by atoms with Crippen LogP contribution in [0.15, 0.2) is 36.4 Å². The highest BCUT2D eigenvalue weighted by Crippen LogP contribution is 2.22. The highest BCUT2D eigenvalue weighted by molar-refractivity contribution is 5.96. The lowest BCUT2D eigenvalue weighted by atomic mass is 10.00. The van der Waals surface area contributed by atoms with Gasteiger partial charge < -0.3 is 14.7 Å². The molecule has 0 fully saturated rings. The number of aryl methyl sites for hydroxylation is 1. The molecular weight excluding hydrogens is 354 g/mol. The lowest BCUT2D eigenvalue weighted by Crippen LogP contribution is -2.44. The van der Waals surface area contributed by atoms with E-state index in [0.29, 0.717) is 37.7 Å². The van der Waals surface area contributed by atoms with E-state index in [4.69, 9.17) is 4.74 Å². The smallest absolute Gasteiger partial charge is 0.259 e. The summed E-state index contributed by atoms with van der Waals surface area (Å²) in [7, 11) is 0. The highest BCUT2D eigenvalue weighted by atomic mass is 16.5. The second kappa shape index (κ2) is 8.29. The first kappa shape index (κ1) is 18.9. The summed E-state index contributed by atoms with van der Waals surface area (Å²) in [4.78, 5) is 21.3. The van der Waals surface area contributed by atoms with Gasteiger partial charge in [-0.25, -0.2) is 4.98 Å². The summed E-state index contributed by atoms with van der Waals surface area (Å²) in [5, 5.41) is 10.6. The van der Waals surface area contributed by atoms with Crippen LogP contribution in [0.1, 0.15) is 34.1 Å². The predicted octanol–water partition coefficient (Wildman–Crippen LogP) is 1.90. The Bertz CT molecular complexity index is 855. The monoisotopic (exact) mass is 381 g/mol. The Hall–Kier alpha value is -2.44. The van der Waals surface area contributed by atoms with Gasteiger partial charge in [0.2, 0.25) is 5.88 Å². The van der Waals surface area contributed by atoms with Crippen LogP contribution in [0.2, 0.25) is 0 Å². The molecule has 0 saturated heterocycles. The van der Waals surface area contributed by atoms with Gasteiger partial charge in [0.1, 0.15) is 12.2 Å². The molecule has 1 N–H and O–H groups in total. The molecule has 0 saturated carbocycles. The number of aliphatic hydroxyl groups excluding tert-OH is 1. The normalized spacial score (nSPS) is 18.1. The predicted molar refractivity (Wildman–Crippen MR) is 106 cm³/mol. The number of pyridine rings is 1. The average Bonchev–Trinajstić information content (AvgIpc) is 2.86. The van der Waals surface area contributed by atoms with Gasteiger partial charge in [0.05, 0.1) is 12.6 Å². The molecule has 28 heavy (non-hydrogen) atoms. The third kappa shape index (κ3) is 4.03. The molecule has 1 amide bonds. The number of aliphatic hydroxyl groups is 1. The summed E-state index contributed by atoms with van der Waals surface area (Å²) in [6.45, 7) is 5.50. The van der Waals surface area contributed by atoms with Gasteiger partial charge in [-0.1, -0.05) is 31.2 Å². The van der Waals surface area contributed by atoms with Gasteiger partial charge in [0, 0.05) is 31.9 Å². The molecule has 1 atom stereocenters. The van der Waals surface area contributed by atoms with Crippen molar-refractivity contribution in [2.24, 2.45) is 0 Å². The second-order valence-corrected chi connectivity index (χ2v) is 7.52. The zero-order chi connectivity index (χ0) is 19.5. The number of aromatic nitrogens is 1. The molecule has 2 aliphatic rings. The van der Waals surface area contributed by atoms with Crippen LogP contribution in [0.25, 0.3) is 0 Å². The van der Waals surface area contributed by atoms with E-state index in [1.165, 1.54) is 11.1 Å². The molecule has 1 unspecified atom stereocenters. The first-order valence-electron chi connectivity index (χ1n) is 10.0. The zero-order valence-electron chi connectivity index (χ0n) is 16.3. The van der Waals surface area contributed by atoms with E-state index >= 15 is 0 Å². The maximum absolute atomic E-state index is 12.9. The molecule has 0 spiro atoms. The molecule has 0 bridgehead atoms. The zero-order valence-corrected chi connectivity index (χ0v) is 16.3. The van der Waals surface area contributed by atoms with Crippen LogP contribution in [0, 0.1) is 0 Å². The van der Waals surface area contributed by atoms with E-state index in [1.807, 2.05) is 13.0 Å².